The Morgan fingerprint density at radius 1 is 1.31 bits per heavy atom. The number of benzene rings is 1. The molecule has 1 aromatic carbocycles. The fourth-order valence-electron chi connectivity index (χ4n) is 0.802. The van der Waals surface area contributed by atoms with Crippen LogP contribution in [0.4, 0.5) is 0 Å². The number of methoxy groups -OCH3 is 1. The molecule has 4 heteroatoms. The van der Waals surface area contributed by atoms with Crippen molar-refractivity contribution >= 4 is 28.6 Å². The summed E-state index contributed by atoms with van der Waals surface area (Å²) in [6.07, 6.45) is 0. The minimum atomic E-state index is -0.245. The molecule has 0 aromatic heterocycles. The van der Waals surface area contributed by atoms with Crippen molar-refractivity contribution in [1.82, 2.24) is 0 Å². The van der Waals surface area contributed by atoms with E-state index in [9.17, 15) is 4.79 Å². The van der Waals surface area contributed by atoms with Gasteiger partial charge in [-0.1, -0.05) is 22.6 Å². The van der Waals surface area contributed by atoms with E-state index in [1.54, 1.807) is 31.4 Å². The van der Waals surface area contributed by atoms with Gasteiger partial charge in [0.1, 0.15) is 11.5 Å². The second-order valence-corrected chi connectivity index (χ2v) is 3.05. The zero-order valence-corrected chi connectivity index (χ0v) is 9.28. The maximum atomic E-state index is 10.9. The van der Waals surface area contributed by atoms with Gasteiger partial charge in [0.25, 0.3) is 0 Å². The highest BCUT2D eigenvalue weighted by Gasteiger charge is 2.01. The highest BCUT2D eigenvalue weighted by molar-refractivity contribution is 14.1. The van der Waals surface area contributed by atoms with E-state index in [1.807, 2.05) is 22.6 Å². The van der Waals surface area contributed by atoms with Crippen LogP contribution in [0.3, 0.4) is 0 Å². The molecular formula is C9H9IO3. The predicted molar refractivity (Wildman–Crippen MR) is 57.5 cm³/mol. The normalized spacial score (nSPS) is 9.38. The van der Waals surface area contributed by atoms with Crippen molar-refractivity contribution in [2.24, 2.45) is 0 Å². The summed E-state index contributed by atoms with van der Waals surface area (Å²) in [5.74, 6) is 1.04. The minimum absolute atomic E-state index is 0.245. The van der Waals surface area contributed by atoms with Crippen molar-refractivity contribution in [2.45, 2.75) is 0 Å². The first-order valence-electron chi connectivity index (χ1n) is 3.67. The molecule has 0 saturated heterocycles. The van der Waals surface area contributed by atoms with Gasteiger partial charge in [0.2, 0.25) is 0 Å². The maximum absolute atomic E-state index is 10.9. The summed E-state index contributed by atoms with van der Waals surface area (Å²) < 4.78 is 10.3. The fraction of sp³-hybridized carbons (Fsp3) is 0.222. The summed E-state index contributed by atoms with van der Waals surface area (Å²) in [6.45, 7) is 0. The van der Waals surface area contributed by atoms with E-state index in [4.69, 9.17) is 9.47 Å². The molecule has 0 N–H and O–H groups in total. The van der Waals surface area contributed by atoms with Crippen molar-refractivity contribution in [3.63, 3.8) is 0 Å². The summed E-state index contributed by atoms with van der Waals surface area (Å²) in [5.41, 5.74) is 0. The molecule has 0 aliphatic rings. The third-order valence-electron chi connectivity index (χ3n) is 1.40. The molecule has 0 heterocycles. The van der Waals surface area contributed by atoms with Gasteiger partial charge in [-0.3, -0.25) is 4.79 Å². The summed E-state index contributed by atoms with van der Waals surface area (Å²) in [4.78, 5) is 10.9. The molecule has 0 amide bonds. The third-order valence-corrected chi connectivity index (χ3v) is 2.02. The van der Waals surface area contributed by atoms with Gasteiger partial charge >= 0.3 is 5.97 Å². The molecule has 0 atom stereocenters. The van der Waals surface area contributed by atoms with Crippen LogP contribution in [0, 0.1) is 0 Å². The van der Waals surface area contributed by atoms with Crippen LogP contribution < -0.4 is 9.47 Å². The van der Waals surface area contributed by atoms with Crippen LogP contribution in [-0.4, -0.2) is 17.5 Å². The van der Waals surface area contributed by atoms with Crippen molar-refractivity contribution < 1.29 is 14.3 Å². The number of carbonyl (C=O) groups excluding carboxylic acids is 1. The molecule has 0 radical (unpaired) electrons. The summed E-state index contributed by atoms with van der Waals surface area (Å²) >= 11 is 1.96. The van der Waals surface area contributed by atoms with E-state index in [-0.39, 0.29) is 5.97 Å². The Kier molecular flexibility index (Phi) is 4.01. The molecular weight excluding hydrogens is 283 g/mol. The average molecular weight is 292 g/mol. The highest BCUT2D eigenvalue weighted by Crippen LogP contribution is 2.17. The lowest BCUT2D eigenvalue weighted by Crippen LogP contribution is -2.08. The van der Waals surface area contributed by atoms with Crippen molar-refractivity contribution in [2.75, 3.05) is 11.5 Å². The molecule has 0 fully saturated rings. The first-order chi connectivity index (χ1) is 6.26. The average Bonchev–Trinajstić information content (AvgIpc) is 2.19. The predicted octanol–water partition coefficient (Wildman–Crippen LogP) is 2.04. The highest BCUT2D eigenvalue weighted by atomic mass is 127. The molecule has 0 spiro atoms. The van der Waals surface area contributed by atoms with E-state index < -0.39 is 0 Å². The van der Waals surface area contributed by atoms with Gasteiger partial charge in [0.05, 0.1) is 11.5 Å². The molecule has 3 nitrogen and oxygen atoms in total. The zero-order valence-electron chi connectivity index (χ0n) is 7.12. The Morgan fingerprint density at radius 2 is 1.85 bits per heavy atom. The molecule has 70 valence electrons. The van der Waals surface area contributed by atoms with Crippen LogP contribution in [0.5, 0.6) is 11.5 Å². The van der Waals surface area contributed by atoms with E-state index in [0.717, 1.165) is 5.75 Å². The van der Waals surface area contributed by atoms with Gasteiger partial charge in [-0.25, -0.2) is 0 Å². The first kappa shape index (κ1) is 10.3. The topological polar surface area (TPSA) is 35.5 Å². The number of halogens is 1. The Morgan fingerprint density at radius 3 is 2.31 bits per heavy atom. The molecule has 0 aliphatic carbocycles. The van der Waals surface area contributed by atoms with Crippen LogP contribution in [0.15, 0.2) is 24.3 Å². The number of rotatable bonds is 3. The number of alkyl halides is 1. The van der Waals surface area contributed by atoms with E-state index >= 15 is 0 Å². The van der Waals surface area contributed by atoms with Crippen LogP contribution in [0.1, 0.15) is 0 Å². The van der Waals surface area contributed by atoms with Gasteiger partial charge in [-0.2, -0.15) is 0 Å². The SMILES string of the molecule is COc1ccc(OC(=O)CI)cc1. The van der Waals surface area contributed by atoms with Gasteiger partial charge in [-0.15, -0.1) is 0 Å². The molecule has 1 rings (SSSR count). The lowest BCUT2D eigenvalue weighted by Gasteiger charge is -2.02. The van der Waals surface area contributed by atoms with Crippen molar-refractivity contribution in [3.05, 3.63) is 24.3 Å². The molecule has 0 bridgehead atoms. The van der Waals surface area contributed by atoms with Crippen molar-refractivity contribution in [3.8, 4) is 11.5 Å². The number of carbonyl (C=O) groups is 1. The minimum Gasteiger partial charge on any atom is -0.497 e. The summed E-state index contributed by atoms with van der Waals surface area (Å²) in [5, 5.41) is 0. The Labute approximate surface area is 90.2 Å². The van der Waals surface area contributed by atoms with E-state index in [2.05, 4.69) is 0 Å². The van der Waals surface area contributed by atoms with Crippen LogP contribution in [0.2, 0.25) is 0 Å². The van der Waals surface area contributed by atoms with Crippen LogP contribution in [0.25, 0.3) is 0 Å². The van der Waals surface area contributed by atoms with Gasteiger partial charge < -0.3 is 9.47 Å². The third kappa shape index (κ3) is 3.22. The Bertz CT molecular complexity index is 281. The van der Waals surface area contributed by atoms with Gasteiger partial charge in [-0.05, 0) is 24.3 Å². The van der Waals surface area contributed by atoms with Gasteiger partial charge in [0.15, 0.2) is 0 Å². The van der Waals surface area contributed by atoms with Crippen molar-refractivity contribution in [1.29, 1.82) is 0 Å². The largest absolute Gasteiger partial charge is 0.497 e. The molecule has 13 heavy (non-hydrogen) atoms. The second kappa shape index (κ2) is 5.06. The smallest absolute Gasteiger partial charge is 0.321 e. The number of esters is 1. The zero-order chi connectivity index (χ0) is 9.68. The molecule has 0 saturated carbocycles. The number of hydrogen-bond donors (Lipinski definition) is 0. The fourth-order valence-corrected chi connectivity index (χ4v) is 0.958. The lowest BCUT2D eigenvalue weighted by atomic mass is 10.3. The quantitative estimate of drug-likeness (QED) is 0.370. The molecule has 0 unspecified atom stereocenters. The Hall–Kier alpha value is -0.780. The lowest BCUT2D eigenvalue weighted by molar-refractivity contribution is -0.131. The van der Waals surface area contributed by atoms with E-state index in [1.165, 1.54) is 0 Å². The van der Waals surface area contributed by atoms with Gasteiger partial charge in [0, 0.05) is 0 Å². The molecule has 0 aliphatic heterocycles. The van der Waals surface area contributed by atoms with Crippen LogP contribution >= 0.6 is 22.6 Å². The Balaban J connectivity index is 2.64. The number of ether oxygens (including phenoxy) is 2. The first-order valence-corrected chi connectivity index (χ1v) is 5.19. The van der Waals surface area contributed by atoms with E-state index in [0.29, 0.717) is 10.2 Å². The standard InChI is InChI=1S/C9H9IO3/c1-12-7-2-4-8(5-3-7)13-9(11)6-10/h2-5H,6H2,1H3. The molecule has 1 aromatic rings. The maximum Gasteiger partial charge on any atom is 0.321 e. The summed E-state index contributed by atoms with van der Waals surface area (Å²) in [6, 6.07) is 6.89. The summed E-state index contributed by atoms with van der Waals surface area (Å²) in [7, 11) is 1.59. The monoisotopic (exact) mass is 292 g/mol. The second-order valence-electron chi connectivity index (χ2n) is 2.28. The van der Waals surface area contributed by atoms with Crippen LogP contribution in [-0.2, 0) is 4.79 Å². The number of hydrogen-bond acceptors (Lipinski definition) is 3.